The van der Waals surface area contributed by atoms with Crippen molar-refractivity contribution in [2.45, 2.75) is 19.4 Å². The third-order valence-electron chi connectivity index (χ3n) is 5.35. The molecule has 1 aliphatic rings. The van der Waals surface area contributed by atoms with E-state index in [1.807, 2.05) is 36.4 Å². The van der Waals surface area contributed by atoms with Crippen LogP contribution in [0.25, 0.3) is 11.1 Å². The van der Waals surface area contributed by atoms with Gasteiger partial charge in [-0.25, -0.2) is 0 Å². The fraction of sp³-hybridized carbons (Fsp3) is 0.200. The van der Waals surface area contributed by atoms with Crippen molar-refractivity contribution in [1.29, 1.82) is 5.26 Å². The summed E-state index contributed by atoms with van der Waals surface area (Å²) < 4.78 is 0. The molecule has 6 heteroatoms. The number of halogens is 2. The fourth-order valence-corrected chi connectivity index (χ4v) is 4.46. The zero-order chi connectivity index (χ0) is 21.8. The van der Waals surface area contributed by atoms with Crippen LogP contribution in [-0.4, -0.2) is 19.0 Å². The van der Waals surface area contributed by atoms with Crippen molar-refractivity contribution in [1.82, 2.24) is 5.32 Å². The van der Waals surface area contributed by atoms with E-state index in [1.165, 1.54) is 11.3 Å². The SMILES string of the molecule is N#CCCNC(=O)c1cccc(-c2ccc3c(c2)N(Cc2cc(Cl)cc(Cl)c2)CC3)c1. The fourth-order valence-electron chi connectivity index (χ4n) is 3.89. The maximum absolute atomic E-state index is 12.4. The number of carbonyl (C=O) groups excluding carboxylic acids is 1. The van der Waals surface area contributed by atoms with Crippen LogP contribution in [0.5, 0.6) is 0 Å². The summed E-state index contributed by atoms with van der Waals surface area (Å²) in [5.41, 5.74) is 6.20. The number of nitrogens with one attached hydrogen (secondary N) is 1. The van der Waals surface area contributed by atoms with E-state index in [0.29, 0.717) is 28.6 Å². The van der Waals surface area contributed by atoms with Gasteiger partial charge in [-0.15, -0.1) is 0 Å². The van der Waals surface area contributed by atoms with Gasteiger partial charge in [-0.3, -0.25) is 4.79 Å². The van der Waals surface area contributed by atoms with Crippen LogP contribution in [0, 0.1) is 11.3 Å². The zero-order valence-corrected chi connectivity index (χ0v) is 18.4. The molecule has 3 aromatic rings. The van der Waals surface area contributed by atoms with Crippen LogP contribution < -0.4 is 10.2 Å². The van der Waals surface area contributed by atoms with Gasteiger partial charge in [-0.05, 0) is 65.1 Å². The zero-order valence-electron chi connectivity index (χ0n) is 16.9. The van der Waals surface area contributed by atoms with E-state index in [4.69, 9.17) is 28.5 Å². The number of nitrogens with zero attached hydrogens (tertiary/aromatic N) is 2. The molecule has 156 valence electrons. The number of nitriles is 1. The minimum absolute atomic E-state index is 0.169. The van der Waals surface area contributed by atoms with Crippen LogP contribution in [-0.2, 0) is 13.0 Å². The minimum atomic E-state index is -0.169. The van der Waals surface area contributed by atoms with Crippen LogP contribution in [0.2, 0.25) is 10.0 Å². The predicted molar refractivity (Wildman–Crippen MR) is 126 cm³/mol. The summed E-state index contributed by atoms with van der Waals surface area (Å²) in [6.07, 6.45) is 1.29. The number of hydrogen-bond donors (Lipinski definition) is 1. The number of anilines is 1. The summed E-state index contributed by atoms with van der Waals surface area (Å²) in [5, 5.41) is 12.7. The molecule has 1 heterocycles. The van der Waals surface area contributed by atoms with Crippen molar-refractivity contribution in [3.8, 4) is 17.2 Å². The predicted octanol–water partition coefficient (Wildman–Crippen LogP) is 5.87. The van der Waals surface area contributed by atoms with E-state index in [2.05, 4.69) is 28.4 Å². The molecule has 0 saturated carbocycles. The third-order valence-corrected chi connectivity index (χ3v) is 5.79. The summed E-state index contributed by atoms with van der Waals surface area (Å²) >= 11 is 12.3. The monoisotopic (exact) mass is 449 g/mol. The highest BCUT2D eigenvalue weighted by Crippen LogP contribution is 2.34. The maximum Gasteiger partial charge on any atom is 0.251 e. The van der Waals surface area contributed by atoms with Crippen molar-refractivity contribution < 1.29 is 4.79 Å². The van der Waals surface area contributed by atoms with E-state index >= 15 is 0 Å². The molecule has 3 aromatic carbocycles. The lowest BCUT2D eigenvalue weighted by atomic mass is 10.00. The van der Waals surface area contributed by atoms with Gasteiger partial charge in [0.25, 0.3) is 5.91 Å². The van der Waals surface area contributed by atoms with E-state index in [-0.39, 0.29) is 5.91 Å². The second-order valence-corrected chi connectivity index (χ2v) is 8.41. The first-order valence-corrected chi connectivity index (χ1v) is 10.9. The number of rotatable bonds is 6. The molecule has 1 amide bonds. The standard InChI is InChI=1S/C25H21Cl2N3O/c26-22-11-17(12-23(27)15-22)16-30-10-7-18-5-6-20(14-24(18)30)19-3-1-4-21(13-19)25(31)29-9-2-8-28/h1,3-6,11-15H,2,7,9-10,16H2,(H,29,31). The Morgan fingerprint density at radius 2 is 1.81 bits per heavy atom. The average molecular weight is 450 g/mol. The Morgan fingerprint density at radius 1 is 1.03 bits per heavy atom. The van der Waals surface area contributed by atoms with Gasteiger partial charge in [0, 0.05) is 40.9 Å². The Kier molecular flexibility index (Phi) is 6.46. The second kappa shape index (κ2) is 9.43. The van der Waals surface area contributed by atoms with Crippen molar-refractivity contribution in [2.75, 3.05) is 18.0 Å². The first kappa shape index (κ1) is 21.2. The lowest BCUT2D eigenvalue weighted by Gasteiger charge is -2.20. The highest BCUT2D eigenvalue weighted by Gasteiger charge is 2.20. The molecule has 4 rings (SSSR count). The highest BCUT2D eigenvalue weighted by atomic mass is 35.5. The van der Waals surface area contributed by atoms with Crippen molar-refractivity contribution >= 4 is 34.8 Å². The molecule has 4 nitrogen and oxygen atoms in total. The summed E-state index contributed by atoms with van der Waals surface area (Å²) in [5.74, 6) is -0.169. The normalized spacial score (nSPS) is 12.4. The summed E-state index contributed by atoms with van der Waals surface area (Å²) in [6, 6.07) is 21.7. The van der Waals surface area contributed by atoms with Gasteiger partial charge in [-0.1, -0.05) is 47.5 Å². The van der Waals surface area contributed by atoms with E-state index in [1.54, 1.807) is 12.1 Å². The molecule has 31 heavy (non-hydrogen) atoms. The summed E-state index contributed by atoms with van der Waals surface area (Å²) in [6.45, 7) is 2.02. The lowest BCUT2D eigenvalue weighted by Crippen LogP contribution is -2.24. The molecule has 0 aliphatic carbocycles. The van der Waals surface area contributed by atoms with Gasteiger partial charge in [-0.2, -0.15) is 5.26 Å². The largest absolute Gasteiger partial charge is 0.367 e. The number of carbonyl (C=O) groups is 1. The Bertz CT molecular complexity index is 1150. The van der Waals surface area contributed by atoms with Gasteiger partial charge in [0.05, 0.1) is 12.5 Å². The quantitative estimate of drug-likeness (QED) is 0.478. The smallest absolute Gasteiger partial charge is 0.251 e. The molecular weight excluding hydrogens is 429 g/mol. The number of hydrogen-bond acceptors (Lipinski definition) is 3. The van der Waals surface area contributed by atoms with E-state index in [0.717, 1.165) is 36.2 Å². The molecule has 0 unspecified atom stereocenters. The van der Waals surface area contributed by atoms with Crippen LogP contribution in [0.1, 0.15) is 27.9 Å². The Balaban J connectivity index is 1.57. The molecule has 0 radical (unpaired) electrons. The topological polar surface area (TPSA) is 56.1 Å². The molecule has 1 aliphatic heterocycles. The van der Waals surface area contributed by atoms with Gasteiger partial charge < -0.3 is 10.2 Å². The van der Waals surface area contributed by atoms with E-state index < -0.39 is 0 Å². The number of amides is 1. The minimum Gasteiger partial charge on any atom is -0.367 e. The second-order valence-electron chi connectivity index (χ2n) is 7.54. The molecular formula is C25H21Cl2N3O. The Morgan fingerprint density at radius 3 is 2.58 bits per heavy atom. The summed E-state index contributed by atoms with van der Waals surface area (Å²) in [4.78, 5) is 14.7. The molecule has 0 spiro atoms. The maximum atomic E-state index is 12.4. The van der Waals surface area contributed by atoms with Crippen molar-refractivity contribution in [3.63, 3.8) is 0 Å². The first-order chi connectivity index (χ1) is 15.0. The first-order valence-electron chi connectivity index (χ1n) is 10.1. The highest BCUT2D eigenvalue weighted by molar-refractivity contribution is 6.34. The number of fused-ring (bicyclic) bond motifs is 1. The molecule has 0 fully saturated rings. The van der Waals surface area contributed by atoms with Crippen molar-refractivity contribution in [3.05, 3.63) is 87.4 Å². The number of benzene rings is 3. The molecule has 1 N–H and O–H groups in total. The molecule has 0 saturated heterocycles. The van der Waals surface area contributed by atoms with Gasteiger partial charge >= 0.3 is 0 Å². The van der Waals surface area contributed by atoms with Crippen LogP contribution in [0.15, 0.2) is 60.7 Å². The molecule has 0 aromatic heterocycles. The van der Waals surface area contributed by atoms with Gasteiger partial charge in [0.2, 0.25) is 0 Å². The molecule has 0 bridgehead atoms. The van der Waals surface area contributed by atoms with Crippen molar-refractivity contribution in [2.24, 2.45) is 0 Å². The van der Waals surface area contributed by atoms with E-state index in [9.17, 15) is 4.79 Å². The van der Waals surface area contributed by atoms with Gasteiger partial charge in [0.15, 0.2) is 0 Å². The average Bonchev–Trinajstić information content (AvgIpc) is 3.15. The van der Waals surface area contributed by atoms with Crippen LogP contribution in [0.4, 0.5) is 5.69 Å². The van der Waals surface area contributed by atoms with Gasteiger partial charge in [0.1, 0.15) is 0 Å². The molecule has 0 atom stereocenters. The Labute approximate surface area is 192 Å². The lowest BCUT2D eigenvalue weighted by molar-refractivity contribution is 0.0954. The Hall–Kier alpha value is -3.00. The van der Waals surface area contributed by atoms with Crippen LogP contribution in [0.3, 0.4) is 0 Å². The third kappa shape index (κ3) is 5.02. The summed E-state index contributed by atoms with van der Waals surface area (Å²) in [7, 11) is 0. The van der Waals surface area contributed by atoms with Crippen LogP contribution >= 0.6 is 23.2 Å².